The van der Waals surface area contributed by atoms with Gasteiger partial charge < -0.3 is 4.74 Å². The lowest BCUT2D eigenvalue weighted by molar-refractivity contribution is 0.394. The number of hydrogen-bond donors (Lipinski definition) is 0. The van der Waals surface area contributed by atoms with Crippen LogP contribution in [0.5, 0.6) is 0 Å². The molecule has 0 saturated carbocycles. The van der Waals surface area contributed by atoms with Crippen LogP contribution in [-0.4, -0.2) is 0 Å². The summed E-state index contributed by atoms with van der Waals surface area (Å²) in [6, 6.07) is 0. The standard InChI is InChI=1S/C10H18O/c1-9(2)5-7-11-8-6-10(3)4/h5-10H,1-4H3. The molecule has 0 spiro atoms. The zero-order chi connectivity index (χ0) is 8.69. The van der Waals surface area contributed by atoms with Gasteiger partial charge in [-0.1, -0.05) is 27.7 Å². The lowest BCUT2D eigenvalue weighted by Crippen LogP contribution is -1.79. The van der Waals surface area contributed by atoms with E-state index in [-0.39, 0.29) is 0 Å². The van der Waals surface area contributed by atoms with Gasteiger partial charge in [0.2, 0.25) is 0 Å². The molecule has 0 fully saturated rings. The van der Waals surface area contributed by atoms with Gasteiger partial charge in [0.25, 0.3) is 0 Å². The Morgan fingerprint density at radius 1 is 0.818 bits per heavy atom. The Bertz CT molecular complexity index is 116. The lowest BCUT2D eigenvalue weighted by Gasteiger charge is -1.95. The molecule has 0 radical (unpaired) electrons. The Labute approximate surface area is 69.8 Å². The van der Waals surface area contributed by atoms with E-state index in [1.165, 1.54) is 0 Å². The summed E-state index contributed by atoms with van der Waals surface area (Å²) in [5.41, 5.74) is 0. The van der Waals surface area contributed by atoms with Crippen LogP contribution >= 0.6 is 0 Å². The summed E-state index contributed by atoms with van der Waals surface area (Å²) >= 11 is 0. The highest BCUT2D eigenvalue weighted by Gasteiger charge is 1.83. The van der Waals surface area contributed by atoms with Crippen LogP contribution < -0.4 is 0 Å². The molecular weight excluding hydrogens is 136 g/mol. The van der Waals surface area contributed by atoms with E-state index >= 15 is 0 Å². The maximum absolute atomic E-state index is 5.09. The van der Waals surface area contributed by atoms with Crippen molar-refractivity contribution >= 4 is 0 Å². The fraction of sp³-hybridized carbons (Fsp3) is 0.600. The van der Waals surface area contributed by atoms with E-state index < -0.39 is 0 Å². The topological polar surface area (TPSA) is 9.23 Å². The Balaban J connectivity index is 3.41. The first-order valence-corrected chi connectivity index (χ1v) is 4.11. The van der Waals surface area contributed by atoms with Gasteiger partial charge in [-0.15, -0.1) is 0 Å². The normalized spacial score (nSPS) is 12.5. The van der Waals surface area contributed by atoms with Gasteiger partial charge in [-0.2, -0.15) is 0 Å². The highest BCUT2D eigenvalue weighted by atomic mass is 16.5. The van der Waals surface area contributed by atoms with Crippen LogP contribution in [0.25, 0.3) is 0 Å². The Morgan fingerprint density at radius 2 is 1.18 bits per heavy atom. The Morgan fingerprint density at radius 3 is 1.45 bits per heavy atom. The Kier molecular flexibility index (Phi) is 5.63. The summed E-state index contributed by atoms with van der Waals surface area (Å²) in [6.07, 6.45) is 7.49. The molecule has 0 aromatic rings. The number of hydrogen-bond acceptors (Lipinski definition) is 1. The first-order valence-electron chi connectivity index (χ1n) is 4.11. The highest BCUT2D eigenvalue weighted by Crippen LogP contribution is 1.96. The molecule has 0 heterocycles. The van der Waals surface area contributed by atoms with Crippen LogP contribution in [0.2, 0.25) is 0 Å². The van der Waals surface area contributed by atoms with Crippen molar-refractivity contribution in [3.8, 4) is 0 Å². The molecule has 0 aromatic carbocycles. The number of rotatable bonds is 4. The first-order chi connectivity index (χ1) is 5.13. The molecule has 64 valence electrons. The molecule has 0 N–H and O–H groups in total. The molecule has 0 aromatic heterocycles. The van der Waals surface area contributed by atoms with Crippen LogP contribution in [0, 0.1) is 11.8 Å². The van der Waals surface area contributed by atoms with E-state index in [2.05, 4.69) is 27.7 Å². The third kappa shape index (κ3) is 9.28. The average molecular weight is 154 g/mol. The van der Waals surface area contributed by atoms with Gasteiger partial charge in [0.05, 0.1) is 12.5 Å². The van der Waals surface area contributed by atoms with Crippen molar-refractivity contribution < 1.29 is 4.74 Å². The van der Waals surface area contributed by atoms with Gasteiger partial charge >= 0.3 is 0 Å². The molecule has 0 unspecified atom stereocenters. The van der Waals surface area contributed by atoms with E-state index in [1.54, 1.807) is 12.5 Å². The molecule has 0 rings (SSSR count). The predicted molar refractivity (Wildman–Crippen MR) is 49.0 cm³/mol. The van der Waals surface area contributed by atoms with Crippen LogP contribution in [0.15, 0.2) is 24.7 Å². The summed E-state index contributed by atoms with van der Waals surface area (Å²) in [4.78, 5) is 0. The molecule has 1 nitrogen and oxygen atoms in total. The van der Waals surface area contributed by atoms with Crippen molar-refractivity contribution in [2.24, 2.45) is 11.8 Å². The fourth-order valence-electron chi connectivity index (χ4n) is 0.450. The van der Waals surface area contributed by atoms with Crippen molar-refractivity contribution in [3.63, 3.8) is 0 Å². The molecular formula is C10H18O. The molecule has 0 amide bonds. The zero-order valence-corrected chi connectivity index (χ0v) is 7.87. The fourth-order valence-corrected chi connectivity index (χ4v) is 0.450. The van der Waals surface area contributed by atoms with Crippen molar-refractivity contribution in [2.75, 3.05) is 0 Å². The molecule has 1 heteroatoms. The molecule has 0 atom stereocenters. The minimum Gasteiger partial charge on any atom is -0.473 e. The second-order valence-corrected chi connectivity index (χ2v) is 3.28. The molecule has 0 saturated heterocycles. The first kappa shape index (κ1) is 10.3. The molecule has 0 aliphatic rings. The van der Waals surface area contributed by atoms with E-state index in [4.69, 9.17) is 4.74 Å². The second kappa shape index (κ2) is 6.02. The van der Waals surface area contributed by atoms with Gasteiger partial charge in [-0.25, -0.2) is 0 Å². The summed E-state index contributed by atoms with van der Waals surface area (Å²) < 4.78 is 5.09. The average Bonchev–Trinajstić information content (AvgIpc) is 1.85. The van der Waals surface area contributed by atoms with Crippen molar-refractivity contribution in [2.45, 2.75) is 27.7 Å². The quantitative estimate of drug-likeness (QED) is 0.564. The molecule has 0 aliphatic heterocycles. The monoisotopic (exact) mass is 154 g/mol. The van der Waals surface area contributed by atoms with Crippen molar-refractivity contribution in [1.82, 2.24) is 0 Å². The second-order valence-electron chi connectivity index (χ2n) is 3.28. The smallest absolute Gasteiger partial charge is 0.0863 e. The van der Waals surface area contributed by atoms with E-state index in [1.807, 2.05) is 12.2 Å². The number of allylic oxidation sites excluding steroid dienone is 2. The van der Waals surface area contributed by atoms with Gasteiger partial charge in [-0.3, -0.25) is 0 Å². The SMILES string of the molecule is CC(C)C=COC=CC(C)C. The third-order valence-corrected chi connectivity index (χ3v) is 1.08. The zero-order valence-electron chi connectivity index (χ0n) is 7.87. The summed E-state index contributed by atoms with van der Waals surface area (Å²) in [6.45, 7) is 8.47. The van der Waals surface area contributed by atoms with Crippen LogP contribution in [0.3, 0.4) is 0 Å². The summed E-state index contributed by atoms with van der Waals surface area (Å²) in [7, 11) is 0. The van der Waals surface area contributed by atoms with Gasteiger partial charge in [0, 0.05) is 0 Å². The maximum atomic E-state index is 5.09. The number of ether oxygens (including phenoxy) is 1. The minimum atomic E-state index is 0.558. The minimum absolute atomic E-state index is 0.558. The van der Waals surface area contributed by atoms with Gasteiger partial charge in [0.1, 0.15) is 0 Å². The Hall–Kier alpha value is -0.720. The molecule has 11 heavy (non-hydrogen) atoms. The molecule has 0 aliphatic carbocycles. The molecule has 0 bridgehead atoms. The maximum Gasteiger partial charge on any atom is 0.0863 e. The van der Waals surface area contributed by atoms with Crippen molar-refractivity contribution in [1.29, 1.82) is 0 Å². The highest BCUT2D eigenvalue weighted by molar-refractivity contribution is 4.83. The summed E-state index contributed by atoms with van der Waals surface area (Å²) in [5.74, 6) is 1.12. The summed E-state index contributed by atoms with van der Waals surface area (Å²) in [5, 5.41) is 0. The lowest BCUT2D eigenvalue weighted by atomic mass is 10.2. The van der Waals surface area contributed by atoms with E-state index in [9.17, 15) is 0 Å². The van der Waals surface area contributed by atoms with Crippen molar-refractivity contribution in [3.05, 3.63) is 24.7 Å². The third-order valence-electron chi connectivity index (χ3n) is 1.08. The predicted octanol–water partition coefficient (Wildman–Crippen LogP) is 3.34. The van der Waals surface area contributed by atoms with Gasteiger partial charge in [-0.05, 0) is 24.0 Å². The largest absolute Gasteiger partial charge is 0.473 e. The van der Waals surface area contributed by atoms with Gasteiger partial charge in [0.15, 0.2) is 0 Å². The van der Waals surface area contributed by atoms with Crippen LogP contribution in [0.4, 0.5) is 0 Å². The van der Waals surface area contributed by atoms with Crippen LogP contribution in [0.1, 0.15) is 27.7 Å². The van der Waals surface area contributed by atoms with E-state index in [0.29, 0.717) is 11.8 Å². The van der Waals surface area contributed by atoms with Crippen LogP contribution in [-0.2, 0) is 4.74 Å². The van der Waals surface area contributed by atoms with E-state index in [0.717, 1.165) is 0 Å².